The lowest BCUT2D eigenvalue weighted by atomic mass is 10.1. The zero-order valence-corrected chi connectivity index (χ0v) is 17.0. The highest BCUT2D eigenvalue weighted by molar-refractivity contribution is 6.02. The number of aryl methyl sites for hydroxylation is 2. The summed E-state index contributed by atoms with van der Waals surface area (Å²) in [4.78, 5) is 12.0. The molecule has 0 radical (unpaired) electrons. The van der Waals surface area contributed by atoms with E-state index in [1.807, 2.05) is 6.92 Å². The molecule has 9 heteroatoms. The number of amides is 1. The molecule has 0 atom stereocenters. The summed E-state index contributed by atoms with van der Waals surface area (Å²) in [6.45, 7) is 3.85. The Labute approximate surface area is 176 Å². The molecule has 31 heavy (non-hydrogen) atoms. The molecule has 0 saturated carbocycles. The zero-order valence-electron chi connectivity index (χ0n) is 17.0. The normalized spacial score (nSPS) is 11.0. The molecule has 0 bridgehead atoms. The number of hydrogen-bond donors (Lipinski definition) is 1. The fourth-order valence-electron chi connectivity index (χ4n) is 2.73. The predicted molar refractivity (Wildman–Crippen MR) is 107 cm³/mol. The number of nitrogens with one attached hydrogen (secondary N) is 1. The molecule has 6 nitrogen and oxygen atoms in total. The molecule has 1 aromatic heterocycles. The number of hydrogen-bond acceptors (Lipinski definition) is 5. The third-order valence-electron chi connectivity index (χ3n) is 4.44. The van der Waals surface area contributed by atoms with Crippen molar-refractivity contribution in [1.82, 2.24) is 5.16 Å². The molecular weight excluding hydrogens is 413 g/mol. The zero-order chi connectivity index (χ0) is 22.5. The van der Waals surface area contributed by atoms with Gasteiger partial charge >= 0.3 is 0 Å². The summed E-state index contributed by atoms with van der Waals surface area (Å²) < 4.78 is 56.1. The smallest absolute Gasteiger partial charge is 0.248 e. The van der Waals surface area contributed by atoms with Crippen molar-refractivity contribution >= 4 is 17.7 Å². The van der Waals surface area contributed by atoms with Gasteiger partial charge < -0.3 is 19.3 Å². The summed E-state index contributed by atoms with van der Waals surface area (Å²) in [6, 6.07) is 5.94. The third kappa shape index (κ3) is 5.25. The lowest BCUT2D eigenvalue weighted by Crippen LogP contribution is -2.10. The van der Waals surface area contributed by atoms with Gasteiger partial charge in [-0.05, 0) is 37.6 Å². The first-order chi connectivity index (χ1) is 14.8. The van der Waals surface area contributed by atoms with Crippen LogP contribution in [0.5, 0.6) is 11.5 Å². The average Bonchev–Trinajstić information content (AvgIpc) is 3.06. The van der Waals surface area contributed by atoms with E-state index in [9.17, 15) is 18.0 Å². The van der Waals surface area contributed by atoms with Gasteiger partial charge in [-0.2, -0.15) is 0 Å². The molecule has 0 saturated heterocycles. The summed E-state index contributed by atoms with van der Waals surface area (Å²) in [5.41, 5.74) is 1.71. The van der Waals surface area contributed by atoms with Crippen LogP contribution in [0.15, 0.2) is 40.9 Å². The summed E-state index contributed by atoms with van der Waals surface area (Å²) in [7, 11) is 1.48. The first-order valence-electron chi connectivity index (χ1n) is 9.14. The Bertz CT molecular complexity index is 1120. The largest absolute Gasteiger partial charge is 0.493 e. The molecule has 3 aromatic rings. The highest BCUT2D eigenvalue weighted by atomic mass is 19.2. The molecule has 0 aliphatic carbocycles. The minimum absolute atomic E-state index is 0.245. The predicted octanol–water partition coefficient (Wildman–Crippen LogP) is 4.95. The molecule has 1 amide bonds. The summed E-state index contributed by atoms with van der Waals surface area (Å²) in [5.74, 6) is -2.83. The Hall–Kier alpha value is -3.75. The van der Waals surface area contributed by atoms with E-state index >= 15 is 0 Å². The van der Waals surface area contributed by atoms with Gasteiger partial charge in [0, 0.05) is 18.2 Å². The van der Waals surface area contributed by atoms with Gasteiger partial charge in [0.15, 0.2) is 23.1 Å². The van der Waals surface area contributed by atoms with Crippen molar-refractivity contribution in [3.05, 3.63) is 76.4 Å². The topological polar surface area (TPSA) is 73.6 Å². The van der Waals surface area contributed by atoms with Crippen LogP contribution in [-0.4, -0.2) is 18.2 Å². The summed E-state index contributed by atoms with van der Waals surface area (Å²) in [5, 5.41) is 6.03. The van der Waals surface area contributed by atoms with Crippen LogP contribution < -0.4 is 14.8 Å². The Morgan fingerprint density at radius 1 is 1.10 bits per heavy atom. The second-order valence-electron chi connectivity index (χ2n) is 6.57. The van der Waals surface area contributed by atoms with Gasteiger partial charge in [-0.3, -0.25) is 4.79 Å². The Kier molecular flexibility index (Phi) is 6.64. The minimum Gasteiger partial charge on any atom is -0.493 e. The first kappa shape index (κ1) is 21.9. The number of aromatic nitrogens is 1. The van der Waals surface area contributed by atoms with E-state index < -0.39 is 29.0 Å². The van der Waals surface area contributed by atoms with Crippen molar-refractivity contribution in [1.29, 1.82) is 0 Å². The van der Waals surface area contributed by atoms with E-state index in [0.29, 0.717) is 35.0 Å². The number of ether oxygens (including phenoxy) is 2. The Morgan fingerprint density at radius 3 is 2.52 bits per heavy atom. The number of rotatable bonds is 7. The van der Waals surface area contributed by atoms with Gasteiger partial charge in [0.2, 0.25) is 5.91 Å². The standard InChI is InChI=1S/C22H19F3N2O4/c1-12-15(13(2)31-27-12)11-30-20-6-4-14(8-21(20)29-3)5-7-22(28)26-19-10-17(24)16(23)9-18(19)25/h4-10H,11H2,1-3H3,(H,26,28)/b7-5+. The molecule has 0 fully saturated rings. The van der Waals surface area contributed by atoms with Gasteiger partial charge in [-0.1, -0.05) is 11.2 Å². The summed E-state index contributed by atoms with van der Waals surface area (Å²) in [6.07, 6.45) is 2.58. The molecule has 1 N–H and O–H groups in total. The van der Waals surface area contributed by atoms with Crippen molar-refractivity contribution in [2.24, 2.45) is 0 Å². The molecule has 0 aliphatic heterocycles. The van der Waals surface area contributed by atoms with E-state index in [0.717, 1.165) is 17.3 Å². The quantitative estimate of drug-likeness (QED) is 0.423. The highest BCUT2D eigenvalue weighted by Crippen LogP contribution is 2.30. The summed E-state index contributed by atoms with van der Waals surface area (Å²) >= 11 is 0. The van der Waals surface area contributed by atoms with Crippen molar-refractivity contribution in [3.8, 4) is 11.5 Å². The van der Waals surface area contributed by atoms with Gasteiger partial charge in [-0.15, -0.1) is 0 Å². The third-order valence-corrected chi connectivity index (χ3v) is 4.44. The molecule has 162 valence electrons. The molecule has 0 spiro atoms. The maximum Gasteiger partial charge on any atom is 0.248 e. The Balaban J connectivity index is 1.68. The Morgan fingerprint density at radius 2 is 1.84 bits per heavy atom. The van der Waals surface area contributed by atoms with Crippen molar-refractivity contribution in [2.45, 2.75) is 20.5 Å². The van der Waals surface area contributed by atoms with Crippen molar-refractivity contribution in [2.75, 3.05) is 12.4 Å². The van der Waals surface area contributed by atoms with Gasteiger partial charge in [0.25, 0.3) is 0 Å². The maximum absolute atomic E-state index is 13.6. The maximum atomic E-state index is 13.6. The first-order valence-corrected chi connectivity index (χ1v) is 9.14. The van der Waals surface area contributed by atoms with Crippen LogP contribution in [-0.2, 0) is 11.4 Å². The van der Waals surface area contributed by atoms with Crippen LogP contribution in [0, 0.1) is 31.3 Å². The number of carbonyl (C=O) groups is 1. The second-order valence-corrected chi connectivity index (χ2v) is 6.57. The average molecular weight is 432 g/mol. The van der Waals surface area contributed by atoms with Crippen molar-refractivity contribution < 1.29 is 32.0 Å². The highest BCUT2D eigenvalue weighted by Gasteiger charge is 2.13. The molecule has 0 aliphatic rings. The lowest BCUT2D eigenvalue weighted by Gasteiger charge is -2.11. The van der Waals surface area contributed by atoms with Crippen molar-refractivity contribution in [3.63, 3.8) is 0 Å². The molecular formula is C22H19F3N2O4. The van der Waals surface area contributed by atoms with Crippen LogP contribution >= 0.6 is 0 Å². The molecule has 2 aromatic carbocycles. The molecule has 0 unspecified atom stereocenters. The number of methoxy groups -OCH3 is 1. The fraction of sp³-hybridized carbons (Fsp3) is 0.182. The fourth-order valence-corrected chi connectivity index (χ4v) is 2.73. The minimum atomic E-state index is -1.34. The number of anilines is 1. The van der Waals surface area contributed by atoms with E-state index in [-0.39, 0.29) is 6.61 Å². The molecule has 3 rings (SSSR count). The van der Waals surface area contributed by atoms with E-state index in [2.05, 4.69) is 10.5 Å². The van der Waals surface area contributed by atoms with Crippen LogP contribution in [0.25, 0.3) is 6.08 Å². The monoisotopic (exact) mass is 432 g/mol. The van der Waals surface area contributed by atoms with Crippen LogP contribution in [0.1, 0.15) is 22.6 Å². The van der Waals surface area contributed by atoms with Gasteiger partial charge in [0.1, 0.15) is 18.2 Å². The van der Waals surface area contributed by atoms with Crippen LogP contribution in [0.4, 0.5) is 18.9 Å². The van der Waals surface area contributed by atoms with Crippen LogP contribution in [0.2, 0.25) is 0 Å². The van der Waals surface area contributed by atoms with E-state index in [1.54, 1.807) is 25.1 Å². The number of halogens is 3. The second kappa shape index (κ2) is 9.38. The number of carbonyl (C=O) groups excluding carboxylic acids is 1. The van der Waals surface area contributed by atoms with Crippen LogP contribution in [0.3, 0.4) is 0 Å². The van der Waals surface area contributed by atoms with Gasteiger partial charge in [-0.25, -0.2) is 13.2 Å². The lowest BCUT2D eigenvalue weighted by molar-refractivity contribution is -0.111. The number of benzene rings is 2. The van der Waals surface area contributed by atoms with E-state index in [1.165, 1.54) is 13.2 Å². The molecule has 1 heterocycles. The number of nitrogens with zero attached hydrogens (tertiary/aromatic N) is 1. The SMILES string of the molecule is COc1cc(/C=C/C(=O)Nc2cc(F)c(F)cc2F)ccc1OCc1c(C)noc1C. The van der Waals surface area contributed by atoms with Gasteiger partial charge in [0.05, 0.1) is 24.1 Å². The van der Waals surface area contributed by atoms with E-state index in [4.69, 9.17) is 14.0 Å².